The van der Waals surface area contributed by atoms with Crippen LogP contribution in [0.25, 0.3) is 0 Å². The highest BCUT2D eigenvalue weighted by Gasteiger charge is 2.16. The van der Waals surface area contributed by atoms with Crippen LogP contribution in [-0.2, 0) is 0 Å². The van der Waals surface area contributed by atoms with Crippen molar-refractivity contribution >= 4 is 23.2 Å². The molecule has 0 aliphatic heterocycles. The highest BCUT2D eigenvalue weighted by Crippen LogP contribution is 2.22. The fourth-order valence-corrected chi connectivity index (χ4v) is 2.19. The second-order valence-corrected chi connectivity index (χ2v) is 4.86. The van der Waals surface area contributed by atoms with Crippen molar-refractivity contribution in [3.63, 3.8) is 0 Å². The van der Waals surface area contributed by atoms with Gasteiger partial charge >= 0.3 is 0 Å². The Labute approximate surface area is 121 Å². The van der Waals surface area contributed by atoms with Crippen LogP contribution in [0.1, 0.15) is 28.9 Å². The van der Waals surface area contributed by atoms with E-state index in [2.05, 4.69) is 5.32 Å². The van der Waals surface area contributed by atoms with Crippen molar-refractivity contribution in [2.75, 3.05) is 5.73 Å². The number of halogens is 2. The van der Waals surface area contributed by atoms with E-state index in [0.717, 1.165) is 11.6 Å². The first-order valence-corrected chi connectivity index (χ1v) is 6.47. The van der Waals surface area contributed by atoms with Crippen LogP contribution < -0.4 is 11.1 Å². The highest BCUT2D eigenvalue weighted by atomic mass is 35.5. The maximum absolute atomic E-state index is 13.7. The molecule has 0 unspecified atom stereocenters. The summed E-state index contributed by atoms with van der Waals surface area (Å²) in [6.45, 7) is 1.79. The Morgan fingerprint density at radius 2 is 2.00 bits per heavy atom. The number of nitrogens with one attached hydrogen (secondary N) is 1. The lowest BCUT2D eigenvalue weighted by Crippen LogP contribution is -2.27. The molecule has 0 bridgehead atoms. The molecule has 0 saturated carbocycles. The molecule has 0 aromatic heterocycles. The molecule has 0 saturated heterocycles. The summed E-state index contributed by atoms with van der Waals surface area (Å²) in [5.74, 6) is -1.15. The first-order valence-electron chi connectivity index (χ1n) is 6.09. The second kappa shape index (κ2) is 5.92. The van der Waals surface area contributed by atoms with E-state index < -0.39 is 11.7 Å². The van der Waals surface area contributed by atoms with Gasteiger partial charge in [0.2, 0.25) is 0 Å². The maximum Gasteiger partial charge on any atom is 0.254 e. The van der Waals surface area contributed by atoms with Gasteiger partial charge in [-0.05, 0) is 36.8 Å². The molecule has 1 amide bonds. The van der Waals surface area contributed by atoms with Crippen LogP contribution in [0.3, 0.4) is 0 Å². The molecule has 0 spiro atoms. The Morgan fingerprint density at radius 3 is 2.65 bits per heavy atom. The third kappa shape index (κ3) is 3.08. The van der Waals surface area contributed by atoms with Crippen LogP contribution in [0.5, 0.6) is 0 Å². The van der Waals surface area contributed by atoms with E-state index in [0.29, 0.717) is 5.02 Å². The van der Waals surface area contributed by atoms with Crippen molar-refractivity contribution in [2.45, 2.75) is 13.0 Å². The standard InChI is InChI=1S/C15H14ClFN2O/c1-9(11-4-2-3-5-13(11)16)19-15(20)12-7-6-10(18)8-14(12)17/h2-9H,18H2,1H3,(H,19,20)/t9-/m1/s1. The van der Waals surface area contributed by atoms with E-state index in [9.17, 15) is 9.18 Å². The number of hydrogen-bond donors (Lipinski definition) is 2. The van der Waals surface area contributed by atoms with Gasteiger partial charge in [-0.15, -0.1) is 0 Å². The summed E-state index contributed by atoms with van der Waals surface area (Å²) in [7, 11) is 0. The number of nitrogens with two attached hydrogens (primary N) is 1. The normalized spacial score (nSPS) is 11.9. The monoisotopic (exact) mass is 292 g/mol. The van der Waals surface area contributed by atoms with Crippen molar-refractivity contribution in [1.29, 1.82) is 0 Å². The Hall–Kier alpha value is -2.07. The van der Waals surface area contributed by atoms with Crippen LogP contribution in [0.15, 0.2) is 42.5 Å². The number of carbonyl (C=O) groups is 1. The zero-order valence-electron chi connectivity index (χ0n) is 10.9. The molecule has 1 atom stereocenters. The summed E-state index contributed by atoms with van der Waals surface area (Å²) in [5, 5.41) is 3.26. The molecule has 2 aromatic rings. The van der Waals surface area contributed by atoms with E-state index >= 15 is 0 Å². The van der Waals surface area contributed by atoms with E-state index in [1.165, 1.54) is 12.1 Å². The SMILES string of the molecule is C[C@@H](NC(=O)c1ccc(N)cc1F)c1ccccc1Cl. The summed E-state index contributed by atoms with van der Waals surface area (Å²) in [5.41, 5.74) is 6.46. The Morgan fingerprint density at radius 1 is 1.30 bits per heavy atom. The summed E-state index contributed by atoms with van der Waals surface area (Å²) >= 11 is 6.06. The summed E-state index contributed by atoms with van der Waals surface area (Å²) < 4.78 is 13.7. The lowest BCUT2D eigenvalue weighted by Gasteiger charge is -2.16. The molecular formula is C15H14ClFN2O. The smallest absolute Gasteiger partial charge is 0.254 e. The number of nitrogen functional groups attached to an aromatic ring is 1. The van der Waals surface area contributed by atoms with Crippen molar-refractivity contribution in [2.24, 2.45) is 0 Å². The average molecular weight is 293 g/mol. The van der Waals surface area contributed by atoms with Gasteiger partial charge in [0.15, 0.2) is 0 Å². The van der Waals surface area contributed by atoms with Gasteiger partial charge in [0, 0.05) is 10.7 Å². The molecule has 20 heavy (non-hydrogen) atoms. The van der Waals surface area contributed by atoms with Crippen LogP contribution in [0.4, 0.5) is 10.1 Å². The van der Waals surface area contributed by atoms with Gasteiger partial charge in [-0.25, -0.2) is 4.39 Å². The predicted molar refractivity (Wildman–Crippen MR) is 78.1 cm³/mol. The first kappa shape index (κ1) is 14.3. The second-order valence-electron chi connectivity index (χ2n) is 4.46. The van der Waals surface area contributed by atoms with Crippen molar-refractivity contribution in [3.8, 4) is 0 Å². The molecule has 2 aromatic carbocycles. The van der Waals surface area contributed by atoms with Crippen LogP contribution >= 0.6 is 11.6 Å². The highest BCUT2D eigenvalue weighted by molar-refractivity contribution is 6.31. The van der Waals surface area contributed by atoms with E-state index in [1.807, 2.05) is 12.1 Å². The number of carbonyl (C=O) groups excluding carboxylic acids is 1. The molecule has 0 aliphatic rings. The number of rotatable bonds is 3. The molecule has 5 heteroatoms. The minimum absolute atomic E-state index is 0.0434. The van der Waals surface area contributed by atoms with Gasteiger partial charge in [0.1, 0.15) is 5.82 Å². The van der Waals surface area contributed by atoms with Crippen molar-refractivity contribution in [3.05, 3.63) is 64.4 Å². The Kier molecular flexibility index (Phi) is 4.25. The molecular weight excluding hydrogens is 279 g/mol. The fraction of sp³-hybridized carbons (Fsp3) is 0.133. The van der Waals surface area contributed by atoms with Gasteiger partial charge in [-0.1, -0.05) is 29.8 Å². The predicted octanol–water partition coefficient (Wildman–Crippen LogP) is 3.55. The Balaban J connectivity index is 2.17. The maximum atomic E-state index is 13.7. The molecule has 3 N–H and O–H groups in total. The lowest BCUT2D eigenvalue weighted by molar-refractivity contribution is 0.0936. The van der Waals surface area contributed by atoms with Gasteiger partial charge in [0.05, 0.1) is 11.6 Å². The molecule has 0 aliphatic carbocycles. The third-order valence-corrected chi connectivity index (χ3v) is 3.30. The summed E-state index contributed by atoms with van der Waals surface area (Å²) in [6.07, 6.45) is 0. The van der Waals surface area contributed by atoms with Crippen LogP contribution in [-0.4, -0.2) is 5.91 Å². The third-order valence-electron chi connectivity index (χ3n) is 2.96. The minimum atomic E-state index is -0.645. The minimum Gasteiger partial charge on any atom is -0.399 e. The first-order chi connectivity index (χ1) is 9.49. The molecule has 0 heterocycles. The van der Waals surface area contributed by atoms with Crippen LogP contribution in [0.2, 0.25) is 5.02 Å². The molecule has 104 valence electrons. The topological polar surface area (TPSA) is 55.1 Å². The summed E-state index contributed by atoms with van der Waals surface area (Å²) in [4.78, 5) is 12.0. The van der Waals surface area contributed by atoms with Crippen molar-refractivity contribution < 1.29 is 9.18 Å². The number of anilines is 1. The van der Waals surface area contributed by atoms with E-state index in [4.69, 9.17) is 17.3 Å². The van der Waals surface area contributed by atoms with Gasteiger partial charge in [-0.2, -0.15) is 0 Å². The number of hydrogen-bond acceptors (Lipinski definition) is 2. The zero-order chi connectivity index (χ0) is 14.7. The number of amides is 1. The van der Waals surface area contributed by atoms with Gasteiger partial charge < -0.3 is 11.1 Å². The Bertz CT molecular complexity index is 646. The average Bonchev–Trinajstić information content (AvgIpc) is 2.38. The zero-order valence-corrected chi connectivity index (χ0v) is 11.6. The van der Waals surface area contributed by atoms with E-state index in [-0.39, 0.29) is 17.3 Å². The molecule has 0 fully saturated rings. The van der Waals surface area contributed by atoms with Crippen LogP contribution in [0, 0.1) is 5.82 Å². The summed E-state index contributed by atoms with van der Waals surface area (Å²) in [6, 6.07) is 10.8. The lowest BCUT2D eigenvalue weighted by atomic mass is 10.1. The largest absolute Gasteiger partial charge is 0.399 e. The van der Waals surface area contributed by atoms with Gasteiger partial charge in [-0.3, -0.25) is 4.79 Å². The molecule has 2 rings (SSSR count). The quantitative estimate of drug-likeness (QED) is 0.850. The number of benzene rings is 2. The van der Waals surface area contributed by atoms with Gasteiger partial charge in [0.25, 0.3) is 5.91 Å². The van der Waals surface area contributed by atoms with Crippen molar-refractivity contribution in [1.82, 2.24) is 5.32 Å². The molecule has 0 radical (unpaired) electrons. The fourth-order valence-electron chi connectivity index (χ4n) is 1.89. The van der Waals surface area contributed by atoms with E-state index in [1.54, 1.807) is 19.1 Å². The molecule has 3 nitrogen and oxygen atoms in total.